The number of hydrogen-bond donors (Lipinski definition) is 0. The standard InChI is InChI=1S/C21H33NO/c1-15-13-22(14-16(2)23-15)20-11-18(12-20)10-17-6-8-19(9-7-17)21(3,4)5/h6-9,15-16,18,20H,10-14H2,1-5H3/t15-,16+,18?,20?. The summed E-state index contributed by atoms with van der Waals surface area (Å²) in [7, 11) is 0. The van der Waals surface area contributed by atoms with Crippen molar-refractivity contribution >= 4 is 0 Å². The molecular formula is C21H33NO. The van der Waals surface area contributed by atoms with Crippen molar-refractivity contribution in [1.82, 2.24) is 4.90 Å². The van der Waals surface area contributed by atoms with Crippen LogP contribution in [0.3, 0.4) is 0 Å². The van der Waals surface area contributed by atoms with Crippen LogP contribution in [0.5, 0.6) is 0 Å². The molecule has 1 aromatic rings. The van der Waals surface area contributed by atoms with Gasteiger partial charge in [-0.3, -0.25) is 4.90 Å². The van der Waals surface area contributed by atoms with Crippen LogP contribution in [0.1, 0.15) is 58.6 Å². The molecule has 1 saturated heterocycles. The van der Waals surface area contributed by atoms with Gasteiger partial charge in [-0.1, -0.05) is 45.0 Å². The molecule has 1 heterocycles. The van der Waals surface area contributed by atoms with E-state index in [1.807, 2.05) is 0 Å². The SMILES string of the molecule is C[C@@H]1CN(C2CC(Cc3ccc(C(C)(C)C)cc3)C2)C[C@H](C)O1. The van der Waals surface area contributed by atoms with Gasteiger partial charge in [0.25, 0.3) is 0 Å². The Kier molecular flexibility index (Phi) is 4.85. The van der Waals surface area contributed by atoms with Crippen LogP contribution < -0.4 is 0 Å². The fourth-order valence-corrected chi connectivity index (χ4v) is 4.16. The van der Waals surface area contributed by atoms with Crippen LogP contribution in [0.4, 0.5) is 0 Å². The Morgan fingerprint density at radius 2 is 1.57 bits per heavy atom. The van der Waals surface area contributed by atoms with Crippen molar-refractivity contribution in [1.29, 1.82) is 0 Å². The van der Waals surface area contributed by atoms with Gasteiger partial charge in [0.1, 0.15) is 0 Å². The Labute approximate surface area is 142 Å². The predicted molar refractivity (Wildman–Crippen MR) is 96.9 cm³/mol. The van der Waals surface area contributed by atoms with Crippen LogP contribution in [0.2, 0.25) is 0 Å². The second kappa shape index (κ2) is 6.57. The molecule has 1 aliphatic heterocycles. The summed E-state index contributed by atoms with van der Waals surface area (Å²) in [4.78, 5) is 2.66. The van der Waals surface area contributed by atoms with Crippen molar-refractivity contribution in [3.05, 3.63) is 35.4 Å². The Balaban J connectivity index is 1.48. The highest BCUT2D eigenvalue weighted by Gasteiger charge is 2.36. The molecule has 2 fully saturated rings. The second-order valence-electron chi connectivity index (χ2n) is 8.85. The molecule has 0 radical (unpaired) electrons. The van der Waals surface area contributed by atoms with Gasteiger partial charge in [0.2, 0.25) is 0 Å². The van der Waals surface area contributed by atoms with Crippen LogP contribution >= 0.6 is 0 Å². The van der Waals surface area contributed by atoms with E-state index in [1.54, 1.807) is 0 Å². The Bertz CT molecular complexity index is 500. The number of morpholine rings is 1. The van der Waals surface area contributed by atoms with Gasteiger partial charge in [-0.2, -0.15) is 0 Å². The largest absolute Gasteiger partial charge is 0.373 e. The smallest absolute Gasteiger partial charge is 0.0678 e. The van der Waals surface area contributed by atoms with Crippen molar-refractivity contribution in [3.63, 3.8) is 0 Å². The number of benzene rings is 1. The summed E-state index contributed by atoms with van der Waals surface area (Å²) < 4.78 is 5.85. The second-order valence-corrected chi connectivity index (χ2v) is 8.85. The molecule has 3 rings (SSSR count). The minimum absolute atomic E-state index is 0.254. The molecule has 0 unspecified atom stereocenters. The number of ether oxygens (including phenoxy) is 1. The van der Waals surface area contributed by atoms with Crippen molar-refractivity contribution in [2.45, 2.75) is 77.5 Å². The minimum atomic E-state index is 0.254. The van der Waals surface area contributed by atoms with Crippen LogP contribution in [0.15, 0.2) is 24.3 Å². The highest BCUT2D eigenvalue weighted by atomic mass is 16.5. The third-order valence-electron chi connectivity index (χ3n) is 5.52. The van der Waals surface area contributed by atoms with Crippen molar-refractivity contribution in [3.8, 4) is 0 Å². The van der Waals surface area contributed by atoms with Gasteiger partial charge < -0.3 is 4.74 Å². The lowest BCUT2D eigenvalue weighted by Crippen LogP contribution is -2.54. The van der Waals surface area contributed by atoms with E-state index in [9.17, 15) is 0 Å². The quantitative estimate of drug-likeness (QED) is 0.819. The highest BCUT2D eigenvalue weighted by molar-refractivity contribution is 5.28. The molecule has 0 aromatic heterocycles. The maximum atomic E-state index is 5.85. The topological polar surface area (TPSA) is 12.5 Å². The van der Waals surface area contributed by atoms with Gasteiger partial charge in [-0.05, 0) is 55.6 Å². The first-order valence-electron chi connectivity index (χ1n) is 9.30. The summed E-state index contributed by atoms with van der Waals surface area (Å²) in [5, 5.41) is 0. The summed E-state index contributed by atoms with van der Waals surface area (Å²) >= 11 is 0. The molecule has 0 spiro atoms. The van der Waals surface area contributed by atoms with E-state index in [-0.39, 0.29) is 5.41 Å². The zero-order chi connectivity index (χ0) is 16.6. The third kappa shape index (κ3) is 4.16. The van der Waals surface area contributed by atoms with Crippen LogP contribution in [-0.4, -0.2) is 36.2 Å². The van der Waals surface area contributed by atoms with E-state index in [4.69, 9.17) is 4.74 Å². The normalized spacial score (nSPS) is 32.6. The average molecular weight is 316 g/mol. The molecule has 23 heavy (non-hydrogen) atoms. The lowest BCUT2D eigenvalue weighted by molar-refractivity contribution is -0.0960. The summed E-state index contributed by atoms with van der Waals surface area (Å²) in [6.07, 6.45) is 4.75. The number of rotatable bonds is 3. The molecule has 1 aromatic carbocycles. The minimum Gasteiger partial charge on any atom is -0.373 e. The van der Waals surface area contributed by atoms with Crippen molar-refractivity contribution in [2.75, 3.05) is 13.1 Å². The fourth-order valence-electron chi connectivity index (χ4n) is 4.16. The zero-order valence-electron chi connectivity index (χ0n) is 15.5. The van der Waals surface area contributed by atoms with Gasteiger partial charge in [-0.25, -0.2) is 0 Å². The van der Waals surface area contributed by atoms with Crippen LogP contribution in [0, 0.1) is 5.92 Å². The summed E-state index contributed by atoms with van der Waals surface area (Å²) in [6, 6.07) is 10.1. The molecule has 128 valence electrons. The molecule has 2 nitrogen and oxygen atoms in total. The molecule has 0 bridgehead atoms. The Morgan fingerprint density at radius 1 is 1.00 bits per heavy atom. The van der Waals surface area contributed by atoms with E-state index in [2.05, 4.69) is 63.8 Å². The predicted octanol–water partition coefficient (Wildman–Crippen LogP) is 4.41. The Hall–Kier alpha value is -0.860. The molecule has 0 N–H and O–H groups in total. The fraction of sp³-hybridized carbons (Fsp3) is 0.714. The van der Waals surface area contributed by atoms with E-state index in [0.717, 1.165) is 25.0 Å². The highest BCUT2D eigenvalue weighted by Crippen LogP contribution is 2.36. The van der Waals surface area contributed by atoms with Gasteiger partial charge in [-0.15, -0.1) is 0 Å². The third-order valence-corrected chi connectivity index (χ3v) is 5.52. The van der Waals surface area contributed by atoms with Crippen LogP contribution in [-0.2, 0) is 16.6 Å². The van der Waals surface area contributed by atoms with Gasteiger partial charge in [0.15, 0.2) is 0 Å². The van der Waals surface area contributed by atoms with Crippen molar-refractivity contribution < 1.29 is 4.74 Å². The molecule has 2 aliphatic rings. The van der Waals surface area contributed by atoms with E-state index >= 15 is 0 Å². The lowest BCUT2D eigenvalue weighted by atomic mass is 9.75. The molecule has 0 amide bonds. The molecule has 1 saturated carbocycles. The number of hydrogen-bond acceptors (Lipinski definition) is 2. The molecule has 1 aliphatic carbocycles. The summed E-state index contributed by atoms with van der Waals surface area (Å²) in [6.45, 7) is 13.5. The summed E-state index contributed by atoms with van der Waals surface area (Å²) in [5.41, 5.74) is 3.19. The Morgan fingerprint density at radius 3 is 2.09 bits per heavy atom. The van der Waals surface area contributed by atoms with Gasteiger partial charge >= 0.3 is 0 Å². The first-order chi connectivity index (χ1) is 10.8. The first-order valence-corrected chi connectivity index (χ1v) is 9.30. The van der Waals surface area contributed by atoms with E-state index in [1.165, 1.54) is 30.4 Å². The van der Waals surface area contributed by atoms with Gasteiger partial charge in [0.05, 0.1) is 12.2 Å². The maximum absolute atomic E-state index is 5.85. The number of nitrogens with zero attached hydrogens (tertiary/aromatic N) is 1. The lowest BCUT2D eigenvalue weighted by Gasteiger charge is -2.47. The van der Waals surface area contributed by atoms with Gasteiger partial charge in [0, 0.05) is 19.1 Å². The van der Waals surface area contributed by atoms with Crippen molar-refractivity contribution in [2.24, 2.45) is 5.92 Å². The molecular weight excluding hydrogens is 282 g/mol. The molecule has 2 heteroatoms. The van der Waals surface area contributed by atoms with E-state index in [0.29, 0.717) is 12.2 Å². The summed E-state index contributed by atoms with van der Waals surface area (Å²) in [5.74, 6) is 0.869. The zero-order valence-corrected chi connectivity index (χ0v) is 15.5. The van der Waals surface area contributed by atoms with E-state index < -0.39 is 0 Å². The average Bonchev–Trinajstić information content (AvgIpc) is 2.40. The maximum Gasteiger partial charge on any atom is 0.0678 e. The first kappa shape index (κ1) is 17.0. The monoisotopic (exact) mass is 315 g/mol. The molecule has 2 atom stereocenters. The van der Waals surface area contributed by atoms with Crippen LogP contribution in [0.25, 0.3) is 0 Å².